The number of rotatable bonds is 6. The number of hydrogen-bond acceptors (Lipinski definition) is 3. The summed E-state index contributed by atoms with van der Waals surface area (Å²) in [6.45, 7) is 8.82. The van der Waals surface area contributed by atoms with Gasteiger partial charge in [-0.15, -0.1) is 0 Å². The average molecular weight is 510 g/mol. The Hall–Kier alpha value is -3.64. The smallest absolute Gasteiger partial charge is 0.174 e. The van der Waals surface area contributed by atoms with Crippen molar-refractivity contribution in [2.24, 2.45) is 0 Å². The molecule has 1 fully saturated rings. The number of thiocarbonyl (C=S) groups is 1. The van der Waals surface area contributed by atoms with Crippen LogP contribution >= 0.6 is 12.2 Å². The lowest BCUT2D eigenvalue weighted by atomic mass is 9.96. The fourth-order valence-corrected chi connectivity index (χ4v) is 5.70. The van der Waals surface area contributed by atoms with Crippen LogP contribution in [0.15, 0.2) is 79.0 Å². The molecule has 190 valence electrons. The molecule has 0 unspecified atom stereocenters. The van der Waals surface area contributed by atoms with Gasteiger partial charge in [0, 0.05) is 48.7 Å². The van der Waals surface area contributed by atoms with Gasteiger partial charge in [0.2, 0.25) is 0 Å². The van der Waals surface area contributed by atoms with Crippen LogP contribution in [0.1, 0.15) is 60.1 Å². The van der Waals surface area contributed by atoms with Gasteiger partial charge in [0.15, 0.2) is 5.11 Å². The van der Waals surface area contributed by atoms with Gasteiger partial charge >= 0.3 is 0 Å². The molecule has 0 amide bonds. The van der Waals surface area contributed by atoms with Crippen LogP contribution < -0.4 is 15.1 Å². The highest BCUT2D eigenvalue weighted by Crippen LogP contribution is 2.44. The third kappa shape index (κ3) is 4.62. The summed E-state index contributed by atoms with van der Waals surface area (Å²) in [5.41, 5.74) is 9.37. The van der Waals surface area contributed by atoms with E-state index in [9.17, 15) is 0 Å². The van der Waals surface area contributed by atoms with Gasteiger partial charge in [-0.05, 0) is 97.7 Å². The molecule has 0 aliphatic carbocycles. The normalized spacial score (nSPS) is 17.4. The number of hydrogen-bond donors (Lipinski definition) is 1. The van der Waals surface area contributed by atoms with E-state index in [1.165, 1.54) is 28.2 Å². The molecular weight excluding hydrogens is 474 g/mol. The minimum atomic E-state index is -0.0662. The molecule has 5 nitrogen and oxygen atoms in total. The Morgan fingerprint density at radius 1 is 0.919 bits per heavy atom. The number of nitrogens with zero attached hydrogens (tertiary/aromatic N) is 4. The third-order valence-corrected chi connectivity index (χ3v) is 7.66. The van der Waals surface area contributed by atoms with E-state index < -0.39 is 0 Å². The van der Waals surface area contributed by atoms with Crippen molar-refractivity contribution in [3.63, 3.8) is 0 Å². The molecule has 2 aromatic carbocycles. The van der Waals surface area contributed by atoms with E-state index in [0.29, 0.717) is 5.92 Å². The minimum absolute atomic E-state index is 0.0340. The maximum Gasteiger partial charge on any atom is 0.174 e. The van der Waals surface area contributed by atoms with Crippen molar-refractivity contribution in [3.8, 4) is 5.69 Å². The first-order valence-corrected chi connectivity index (χ1v) is 13.2. The molecule has 37 heavy (non-hydrogen) atoms. The van der Waals surface area contributed by atoms with Crippen LogP contribution in [0.2, 0.25) is 0 Å². The number of anilines is 2. The van der Waals surface area contributed by atoms with Crippen LogP contribution in [0.25, 0.3) is 5.69 Å². The molecule has 6 heteroatoms. The van der Waals surface area contributed by atoms with Crippen molar-refractivity contribution in [2.75, 3.05) is 23.9 Å². The molecule has 1 N–H and O–H groups in total. The highest BCUT2D eigenvalue weighted by atomic mass is 32.1. The number of aryl methyl sites for hydroxylation is 1. The maximum atomic E-state index is 5.95. The van der Waals surface area contributed by atoms with Crippen LogP contribution in [0.4, 0.5) is 11.4 Å². The molecule has 0 bridgehead atoms. The Kier molecular flexibility index (Phi) is 6.78. The highest BCUT2D eigenvalue weighted by molar-refractivity contribution is 7.80. The first kappa shape index (κ1) is 25.0. The minimum Gasteiger partial charge on any atom is -0.378 e. The van der Waals surface area contributed by atoms with Gasteiger partial charge in [-0.1, -0.05) is 32.0 Å². The standard InChI is InChI=1S/C31H35N5S/c1-20(2)23-10-12-26(13-11-23)36-30(29(33-31(36)37)28-9-7-8-18-32-28)27-19-21(3)35(22(27)4)25-16-14-24(15-17-25)34(5)6/h7-20,29-30H,1-6H3,(H,33,37)/t29-,30+/m0/s1. The first-order valence-electron chi connectivity index (χ1n) is 12.8. The van der Waals surface area contributed by atoms with E-state index >= 15 is 0 Å². The highest BCUT2D eigenvalue weighted by Gasteiger charge is 2.42. The SMILES string of the molecule is Cc1cc([C@@H]2[C@H](c3ccccn3)NC(=S)N2c2ccc(C(C)C)cc2)c(C)n1-c1ccc(N(C)C)cc1. The summed E-state index contributed by atoms with van der Waals surface area (Å²) in [6, 6.07) is 25.8. The van der Waals surface area contributed by atoms with Gasteiger partial charge < -0.3 is 19.7 Å². The number of benzene rings is 2. The third-order valence-electron chi connectivity index (χ3n) is 7.35. The van der Waals surface area contributed by atoms with Crippen molar-refractivity contribution >= 4 is 28.7 Å². The number of pyridine rings is 1. The van der Waals surface area contributed by atoms with Crippen LogP contribution in [0.5, 0.6) is 0 Å². The number of aromatic nitrogens is 2. The molecule has 1 aliphatic rings. The van der Waals surface area contributed by atoms with Crippen molar-refractivity contribution in [3.05, 3.63) is 107 Å². The summed E-state index contributed by atoms with van der Waals surface area (Å²) in [6.07, 6.45) is 1.85. The predicted molar refractivity (Wildman–Crippen MR) is 158 cm³/mol. The van der Waals surface area contributed by atoms with E-state index in [2.05, 4.69) is 122 Å². The van der Waals surface area contributed by atoms with Gasteiger partial charge in [-0.2, -0.15) is 0 Å². The fourth-order valence-electron chi connectivity index (χ4n) is 5.35. The lowest BCUT2D eigenvalue weighted by Gasteiger charge is -2.28. The topological polar surface area (TPSA) is 36.3 Å². The molecule has 5 rings (SSSR count). The summed E-state index contributed by atoms with van der Waals surface area (Å²) in [7, 11) is 4.13. The number of nitrogens with one attached hydrogen (secondary N) is 1. The van der Waals surface area contributed by atoms with E-state index in [0.717, 1.165) is 22.2 Å². The van der Waals surface area contributed by atoms with Crippen molar-refractivity contribution in [1.82, 2.24) is 14.9 Å². The Labute approximate surface area is 225 Å². The van der Waals surface area contributed by atoms with Crippen LogP contribution in [-0.4, -0.2) is 28.8 Å². The molecule has 0 spiro atoms. The molecule has 0 saturated carbocycles. The Morgan fingerprint density at radius 2 is 1.59 bits per heavy atom. The van der Waals surface area contributed by atoms with E-state index in [-0.39, 0.29) is 12.1 Å². The first-order chi connectivity index (χ1) is 17.8. The second-order valence-corrected chi connectivity index (χ2v) is 10.7. The van der Waals surface area contributed by atoms with Crippen molar-refractivity contribution in [1.29, 1.82) is 0 Å². The predicted octanol–water partition coefficient (Wildman–Crippen LogP) is 6.86. The lowest BCUT2D eigenvalue weighted by Crippen LogP contribution is -2.29. The largest absolute Gasteiger partial charge is 0.378 e. The molecule has 1 saturated heterocycles. The van der Waals surface area contributed by atoms with Crippen molar-refractivity contribution < 1.29 is 0 Å². The van der Waals surface area contributed by atoms with Gasteiger partial charge in [-0.3, -0.25) is 4.98 Å². The molecular formula is C31H35N5S. The Morgan fingerprint density at radius 3 is 2.19 bits per heavy atom. The zero-order valence-corrected chi connectivity index (χ0v) is 23.3. The molecule has 4 aromatic rings. The van der Waals surface area contributed by atoms with Crippen LogP contribution in [0.3, 0.4) is 0 Å². The fraction of sp³-hybridized carbons (Fsp3) is 0.290. The molecule has 0 radical (unpaired) electrons. The second kappa shape index (κ2) is 10.0. The summed E-state index contributed by atoms with van der Waals surface area (Å²) < 4.78 is 2.34. The van der Waals surface area contributed by atoms with Gasteiger partial charge in [-0.25, -0.2) is 0 Å². The second-order valence-electron chi connectivity index (χ2n) is 10.3. The van der Waals surface area contributed by atoms with Crippen LogP contribution in [-0.2, 0) is 0 Å². The zero-order valence-electron chi connectivity index (χ0n) is 22.4. The zero-order chi connectivity index (χ0) is 26.3. The van der Waals surface area contributed by atoms with Crippen molar-refractivity contribution in [2.45, 2.75) is 45.7 Å². The Bertz CT molecular complexity index is 1390. The summed E-state index contributed by atoms with van der Waals surface area (Å²) in [5, 5.41) is 4.32. The van der Waals surface area contributed by atoms with E-state index in [1.807, 2.05) is 18.3 Å². The van der Waals surface area contributed by atoms with Crippen LogP contribution in [0, 0.1) is 13.8 Å². The monoisotopic (exact) mass is 509 g/mol. The molecule has 2 aromatic heterocycles. The van der Waals surface area contributed by atoms with Gasteiger partial charge in [0.25, 0.3) is 0 Å². The summed E-state index contributed by atoms with van der Waals surface area (Å²) in [4.78, 5) is 9.10. The van der Waals surface area contributed by atoms with E-state index in [4.69, 9.17) is 17.2 Å². The van der Waals surface area contributed by atoms with E-state index in [1.54, 1.807) is 0 Å². The van der Waals surface area contributed by atoms with Gasteiger partial charge in [0.1, 0.15) is 0 Å². The average Bonchev–Trinajstić information content (AvgIpc) is 3.39. The quantitative estimate of drug-likeness (QED) is 0.288. The molecule has 2 atom stereocenters. The maximum absolute atomic E-state index is 5.95. The summed E-state index contributed by atoms with van der Waals surface area (Å²) in [5.74, 6) is 0.479. The van der Waals surface area contributed by atoms with Gasteiger partial charge in [0.05, 0.1) is 17.8 Å². The Balaban J connectivity index is 1.62. The lowest BCUT2D eigenvalue weighted by molar-refractivity contribution is 0.565. The summed E-state index contributed by atoms with van der Waals surface area (Å²) >= 11 is 5.95. The molecule has 1 aliphatic heterocycles. The molecule has 3 heterocycles.